The van der Waals surface area contributed by atoms with Crippen LogP contribution in [0.5, 0.6) is 5.75 Å². The van der Waals surface area contributed by atoms with Crippen LogP contribution in [0.3, 0.4) is 0 Å². The lowest BCUT2D eigenvalue weighted by atomic mass is 9.78. The summed E-state index contributed by atoms with van der Waals surface area (Å²) in [5, 5.41) is 3.04. The maximum Gasteiger partial charge on any atom is 0.287 e. The number of carbonyl (C=O) groups is 1. The number of ether oxygens (including phenoxy) is 1. The highest BCUT2D eigenvalue weighted by atomic mass is 32.2. The minimum atomic E-state index is -3.66. The van der Waals surface area contributed by atoms with Gasteiger partial charge in [-0.2, -0.15) is 0 Å². The monoisotopic (exact) mass is 405 g/mol. The Labute approximate surface area is 166 Å². The van der Waals surface area contributed by atoms with Crippen LogP contribution in [0.25, 0.3) is 0 Å². The summed E-state index contributed by atoms with van der Waals surface area (Å²) in [4.78, 5) is 12.6. The van der Waals surface area contributed by atoms with E-state index in [1.807, 2.05) is 0 Å². The molecule has 152 valence electrons. The van der Waals surface area contributed by atoms with Gasteiger partial charge >= 0.3 is 0 Å². The van der Waals surface area contributed by atoms with Gasteiger partial charge in [-0.3, -0.25) is 4.79 Å². The molecule has 1 aliphatic carbocycles. The zero-order valence-electron chi connectivity index (χ0n) is 16.5. The lowest BCUT2D eigenvalue weighted by Gasteiger charge is -2.34. The summed E-state index contributed by atoms with van der Waals surface area (Å²) in [5.74, 6) is 0.976. The largest absolute Gasteiger partial charge is 0.495 e. The summed E-state index contributed by atoms with van der Waals surface area (Å²) < 4.78 is 36.1. The molecule has 1 saturated carbocycles. The molecule has 0 spiro atoms. The van der Waals surface area contributed by atoms with Crippen molar-refractivity contribution in [3.8, 4) is 5.75 Å². The van der Waals surface area contributed by atoms with Gasteiger partial charge in [0.1, 0.15) is 22.2 Å². The fourth-order valence-corrected chi connectivity index (χ4v) is 5.17. The number of sulfone groups is 1. The normalized spacial score (nSPS) is 22.6. The van der Waals surface area contributed by atoms with E-state index in [0.29, 0.717) is 11.8 Å². The Morgan fingerprint density at radius 3 is 2.68 bits per heavy atom. The summed E-state index contributed by atoms with van der Waals surface area (Å²) in [5.41, 5.74) is 0. The lowest BCUT2D eigenvalue weighted by molar-refractivity contribution is 0.0861. The standard InChI is InChI=1S/C21H27NO5S/c1-14-7-6-8-17(15(14)2)22-21(23)19-12-11-16(27-19)13-28(24,25)20-10-5-4-9-18(20)26-3/h4-5,9-12,14-15,17H,6-8,13H2,1-3H3,(H,22,23). The van der Waals surface area contributed by atoms with Crippen LogP contribution in [0.15, 0.2) is 45.7 Å². The Kier molecular flexibility index (Phi) is 6.13. The third-order valence-corrected chi connectivity index (χ3v) is 7.32. The Morgan fingerprint density at radius 2 is 1.93 bits per heavy atom. The molecule has 1 fully saturated rings. The zero-order valence-corrected chi connectivity index (χ0v) is 17.3. The van der Waals surface area contributed by atoms with Crippen LogP contribution in [-0.2, 0) is 15.6 Å². The van der Waals surface area contributed by atoms with Crippen LogP contribution < -0.4 is 10.1 Å². The summed E-state index contributed by atoms with van der Waals surface area (Å²) in [6.45, 7) is 4.36. The summed E-state index contributed by atoms with van der Waals surface area (Å²) >= 11 is 0. The quantitative estimate of drug-likeness (QED) is 0.790. The second-order valence-electron chi connectivity index (χ2n) is 7.52. The molecule has 28 heavy (non-hydrogen) atoms. The predicted molar refractivity (Wildman–Crippen MR) is 106 cm³/mol. The number of hydrogen-bond donors (Lipinski definition) is 1. The molecule has 0 saturated heterocycles. The molecule has 7 heteroatoms. The molecule has 6 nitrogen and oxygen atoms in total. The van der Waals surface area contributed by atoms with E-state index in [4.69, 9.17) is 9.15 Å². The van der Waals surface area contributed by atoms with E-state index in [-0.39, 0.29) is 39.9 Å². The van der Waals surface area contributed by atoms with Gasteiger partial charge in [0.05, 0.1) is 7.11 Å². The Morgan fingerprint density at radius 1 is 1.18 bits per heavy atom. The molecule has 1 aromatic heterocycles. The SMILES string of the molecule is COc1ccccc1S(=O)(=O)Cc1ccc(C(=O)NC2CCCC(C)C2C)o1. The molecular weight excluding hydrogens is 378 g/mol. The zero-order chi connectivity index (χ0) is 20.3. The van der Waals surface area contributed by atoms with Crippen molar-refractivity contribution in [2.75, 3.05) is 7.11 Å². The maximum absolute atomic E-state index is 12.7. The van der Waals surface area contributed by atoms with E-state index >= 15 is 0 Å². The van der Waals surface area contributed by atoms with Gasteiger partial charge in [0.15, 0.2) is 15.6 Å². The molecular formula is C21H27NO5S. The molecule has 1 aromatic carbocycles. The van der Waals surface area contributed by atoms with Gasteiger partial charge in [-0.25, -0.2) is 8.42 Å². The van der Waals surface area contributed by atoms with Crippen molar-refractivity contribution >= 4 is 15.7 Å². The first-order valence-corrected chi connectivity index (χ1v) is 11.2. The van der Waals surface area contributed by atoms with Gasteiger partial charge in [0.25, 0.3) is 5.91 Å². The maximum atomic E-state index is 12.7. The van der Waals surface area contributed by atoms with Crippen LogP contribution in [0, 0.1) is 11.8 Å². The second kappa shape index (κ2) is 8.39. The van der Waals surface area contributed by atoms with Crippen molar-refractivity contribution in [3.05, 3.63) is 47.9 Å². The lowest BCUT2D eigenvalue weighted by Crippen LogP contribution is -2.43. The molecule has 1 amide bonds. The van der Waals surface area contributed by atoms with Crippen LogP contribution in [0.4, 0.5) is 0 Å². The average Bonchev–Trinajstić information content (AvgIpc) is 3.13. The van der Waals surface area contributed by atoms with Gasteiger partial charge in [-0.15, -0.1) is 0 Å². The molecule has 1 heterocycles. The number of carbonyl (C=O) groups excluding carboxylic acids is 1. The Balaban J connectivity index is 1.70. The Bertz CT molecular complexity index is 934. The van der Waals surface area contributed by atoms with Crippen molar-refractivity contribution in [2.24, 2.45) is 11.8 Å². The van der Waals surface area contributed by atoms with Gasteiger partial charge in [0.2, 0.25) is 0 Å². The fraction of sp³-hybridized carbons (Fsp3) is 0.476. The van der Waals surface area contributed by atoms with E-state index in [2.05, 4.69) is 19.2 Å². The number of para-hydroxylation sites is 1. The number of rotatable bonds is 6. The van der Waals surface area contributed by atoms with Gasteiger partial charge in [-0.1, -0.05) is 38.8 Å². The van der Waals surface area contributed by atoms with Crippen LogP contribution in [0.2, 0.25) is 0 Å². The van der Waals surface area contributed by atoms with E-state index in [9.17, 15) is 13.2 Å². The molecule has 3 atom stereocenters. The summed E-state index contributed by atoms with van der Waals surface area (Å²) in [7, 11) is -2.23. The molecule has 2 aromatic rings. The molecule has 0 aliphatic heterocycles. The molecule has 0 radical (unpaired) electrons. The second-order valence-corrected chi connectivity index (χ2v) is 9.48. The van der Waals surface area contributed by atoms with Crippen molar-refractivity contribution in [2.45, 2.75) is 49.8 Å². The number of hydrogen-bond acceptors (Lipinski definition) is 5. The molecule has 3 rings (SSSR count). The minimum Gasteiger partial charge on any atom is -0.495 e. The van der Waals surface area contributed by atoms with Gasteiger partial charge < -0.3 is 14.5 Å². The Hall–Kier alpha value is -2.28. The third kappa shape index (κ3) is 4.41. The van der Waals surface area contributed by atoms with E-state index in [1.165, 1.54) is 31.7 Å². The molecule has 1 N–H and O–H groups in total. The highest BCUT2D eigenvalue weighted by Crippen LogP contribution is 2.30. The summed E-state index contributed by atoms with van der Waals surface area (Å²) in [6.07, 6.45) is 3.23. The molecule has 1 aliphatic rings. The summed E-state index contributed by atoms with van der Waals surface area (Å²) in [6, 6.07) is 9.62. The highest BCUT2D eigenvalue weighted by molar-refractivity contribution is 7.90. The van der Waals surface area contributed by atoms with Crippen molar-refractivity contribution in [1.82, 2.24) is 5.32 Å². The number of nitrogens with one attached hydrogen (secondary N) is 1. The van der Waals surface area contributed by atoms with Crippen LogP contribution in [-0.4, -0.2) is 27.5 Å². The van der Waals surface area contributed by atoms with Crippen LogP contribution >= 0.6 is 0 Å². The van der Waals surface area contributed by atoms with Gasteiger partial charge in [-0.05, 0) is 42.5 Å². The number of methoxy groups -OCH3 is 1. The van der Waals surface area contributed by atoms with Gasteiger partial charge in [0, 0.05) is 6.04 Å². The predicted octanol–water partition coefficient (Wildman–Crippen LogP) is 3.82. The van der Waals surface area contributed by atoms with E-state index < -0.39 is 9.84 Å². The first kappa shape index (κ1) is 20.5. The van der Waals surface area contributed by atoms with E-state index in [1.54, 1.807) is 18.2 Å². The molecule has 0 bridgehead atoms. The van der Waals surface area contributed by atoms with Crippen LogP contribution in [0.1, 0.15) is 49.4 Å². The third-order valence-electron chi connectivity index (χ3n) is 5.65. The average molecular weight is 406 g/mol. The minimum absolute atomic E-state index is 0.102. The fourth-order valence-electron chi connectivity index (χ4n) is 3.74. The first-order valence-electron chi connectivity index (χ1n) is 9.57. The number of amides is 1. The molecule has 3 unspecified atom stereocenters. The van der Waals surface area contributed by atoms with Crippen molar-refractivity contribution < 1.29 is 22.4 Å². The first-order chi connectivity index (χ1) is 13.3. The van der Waals surface area contributed by atoms with Crippen molar-refractivity contribution in [3.63, 3.8) is 0 Å². The topological polar surface area (TPSA) is 85.6 Å². The smallest absolute Gasteiger partial charge is 0.287 e. The van der Waals surface area contributed by atoms with E-state index in [0.717, 1.165) is 12.8 Å². The highest BCUT2D eigenvalue weighted by Gasteiger charge is 2.29. The van der Waals surface area contributed by atoms with Crippen molar-refractivity contribution in [1.29, 1.82) is 0 Å². The number of furan rings is 1. The number of benzene rings is 1.